The van der Waals surface area contributed by atoms with E-state index in [9.17, 15) is 9.59 Å². The van der Waals surface area contributed by atoms with Gasteiger partial charge in [0.1, 0.15) is 5.75 Å². The van der Waals surface area contributed by atoms with Gasteiger partial charge in [0.2, 0.25) is 0 Å². The second-order valence-corrected chi connectivity index (χ2v) is 5.56. The average Bonchev–Trinajstić information content (AvgIpc) is 2.41. The van der Waals surface area contributed by atoms with Gasteiger partial charge in [0.15, 0.2) is 12.2 Å². The summed E-state index contributed by atoms with van der Waals surface area (Å²) in [7, 11) is 0. The summed E-state index contributed by atoms with van der Waals surface area (Å²) in [4.78, 5) is 22.2. The van der Waals surface area contributed by atoms with Gasteiger partial charge in [-0.15, -0.1) is 0 Å². The highest BCUT2D eigenvalue weighted by Crippen LogP contribution is 2.28. The zero-order valence-corrected chi connectivity index (χ0v) is 13.5. The fraction of sp³-hybridized carbons (Fsp3) is 0.385. The quantitative estimate of drug-likeness (QED) is 0.670. The number of aliphatic hydroxyl groups excluding tert-OH is 1. The van der Waals surface area contributed by atoms with Crippen LogP contribution in [0.5, 0.6) is 5.75 Å². The molecule has 0 aromatic heterocycles. The molecule has 0 heterocycles. The Kier molecular flexibility index (Phi) is 6.94. The number of aliphatic carboxylic acids is 1. The van der Waals surface area contributed by atoms with Gasteiger partial charge in [0, 0.05) is 18.0 Å². The first-order valence-electron chi connectivity index (χ1n) is 6.11. The van der Waals surface area contributed by atoms with Crippen LogP contribution in [0.15, 0.2) is 22.7 Å². The molecular weight excluding hydrogens is 366 g/mol. The Bertz CT molecular complexity index is 525. The summed E-state index contributed by atoms with van der Waals surface area (Å²) < 4.78 is 6.09. The summed E-state index contributed by atoms with van der Waals surface area (Å²) in [6.07, 6.45) is -2.34. The van der Waals surface area contributed by atoms with Crippen molar-refractivity contribution in [2.24, 2.45) is 0 Å². The van der Waals surface area contributed by atoms with Crippen molar-refractivity contribution in [3.8, 4) is 5.75 Å². The second kappa shape index (κ2) is 8.21. The van der Waals surface area contributed by atoms with Crippen LogP contribution in [0.2, 0.25) is 5.02 Å². The van der Waals surface area contributed by atoms with Gasteiger partial charge in [0.25, 0.3) is 5.91 Å². The molecule has 116 valence electrons. The molecule has 0 saturated heterocycles. The Balaban J connectivity index is 2.46. The fourth-order valence-corrected chi connectivity index (χ4v) is 2.19. The van der Waals surface area contributed by atoms with Crippen LogP contribution < -0.4 is 10.1 Å². The lowest BCUT2D eigenvalue weighted by atomic mass is 10.2. The van der Waals surface area contributed by atoms with Crippen LogP contribution in [0, 0.1) is 0 Å². The zero-order valence-electron chi connectivity index (χ0n) is 11.2. The summed E-state index contributed by atoms with van der Waals surface area (Å²) in [5.74, 6) is -1.26. The van der Waals surface area contributed by atoms with Crippen molar-refractivity contribution in [2.75, 3.05) is 6.54 Å². The number of rotatable bonds is 7. The minimum atomic E-state index is -1.49. The van der Waals surface area contributed by atoms with Crippen LogP contribution in [0.3, 0.4) is 0 Å². The minimum Gasteiger partial charge on any atom is -0.480 e. The highest BCUT2D eigenvalue weighted by Gasteiger charge is 2.17. The van der Waals surface area contributed by atoms with E-state index in [1.807, 2.05) is 0 Å². The van der Waals surface area contributed by atoms with E-state index in [1.54, 1.807) is 25.1 Å². The van der Waals surface area contributed by atoms with E-state index in [-0.39, 0.29) is 13.0 Å². The topological polar surface area (TPSA) is 95.9 Å². The highest BCUT2D eigenvalue weighted by molar-refractivity contribution is 9.10. The van der Waals surface area contributed by atoms with Gasteiger partial charge in [-0.05, 0) is 41.1 Å². The lowest BCUT2D eigenvalue weighted by Gasteiger charge is -2.16. The number of halogens is 2. The molecule has 6 nitrogen and oxygen atoms in total. The molecule has 0 aliphatic rings. The van der Waals surface area contributed by atoms with Crippen LogP contribution >= 0.6 is 27.5 Å². The van der Waals surface area contributed by atoms with Crippen molar-refractivity contribution in [2.45, 2.75) is 25.6 Å². The van der Waals surface area contributed by atoms with Crippen molar-refractivity contribution in [3.63, 3.8) is 0 Å². The highest BCUT2D eigenvalue weighted by atomic mass is 79.9. The molecule has 0 radical (unpaired) electrons. The Morgan fingerprint density at radius 2 is 2.14 bits per heavy atom. The number of carbonyl (C=O) groups is 2. The molecule has 21 heavy (non-hydrogen) atoms. The lowest BCUT2D eigenvalue weighted by molar-refractivity contribution is -0.147. The minimum absolute atomic E-state index is 0.0434. The zero-order chi connectivity index (χ0) is 16.0. The molecule has 0 fully saturated rings. The Morgan fingerprint density at radius 3 is 2.71 bits per heavy atom. The molecule has 0 saturated carbocycles. The number of hydrogen-bond acceptors (Lipinski definition) is 4. The maximum absolute atomic E-state index is 11.8. The summed E-state index contributed by atoms with van der Waals surface area (Å²) in [5, 5.41) is 20.6. The molecule has 1 unspecified atom stereocenters. The molecule has 0 bridgehead atoms. The third-order valence-electron chi connectivity index (χ3n) is 2.57. The smallest absolute Gasteiger partial charge is 0.332 e. The van der Waals surface area contributed by atoms with Crippen molar-refractivity contribution < 1.29 is 24.5 Å². The maximum Gasteiger partial charge on any atom is 0.332 e. The fourth-order valence-electron chi connectivity index (χ4n) is 1.41. The average molecular weight is 381 g/mol. The van der Waals surface area contributed by atoms with Gasteiger partial charge in [-0.1, -0.05) is 11.6 Å². The van der Waals surface area contributed by atoms with Crippen LogP contribution in [-0.2, 0) is 9.59 Å². The summed E-state index contributed by atoms with van der Waals surface area (Å²) in [5.41, 5.74) is 0. The number of nitrogens with one attached hydrogen (secondary N) is 1. The van der Waals surface area contributed by atoms with Gasteiger partial charge < -0.3 is 20.3 Å². The monoisotopic (exact) mass is 379 g/mol. The Labute approximate surface area is 135 Å². The molecule has 0 aliphatic carbocycles. The summed E-state index contributed by atoms with van der Waals surface area (Å²) >= 11 is 9.08. The maximum atomic E-state index is 11.8. The van der Waals surface area contributed by atoms with Crippen LogP contribution in [0.1, 0.15) is 13.3 Å². The largest absolute Gasteiger partial charge is 0.480 e. The predicted octanol–water partition coefficient (Wildman–Crippen LogP) is 1.82. The van der Waals surface area contributed by atoms with E-state index in [1.165, 1.54) is 0 Å². The lowest BCUT2D eigenvalue weighted by Crippen LogP contribution is -2.38. The van der Waals surface area contributed by atoms with Gasteiger partial charge in [-0.3, -0.25) is 4.79 Å². The number of hydrogen-bond donors (Lipinski definition) is 3. The van der Waals surface area contributed by atoms with Gasteiger partial charge >= 0.3 is 5.97 Å². The van der Waals surface area contributed by atoms with Crippen molar-refractivity contribution in [3.05, 3.63) is 27.7 Å². The number of carboxylic acid groups (broad SMARTS) is 1. The molecule has 8 heteroatoms. The number of ether oxygens (including phenoxy) is 1. The van der Waals surface area contributed by atoms with E-state index in [0.29, 0.717) is 15.2 Å². The number of benzene rings is 1. The van der Waals surface area contributed by atoms with Crippen LogP contribution in [0.25, 0.3) is 0 Å². The van der Waals surface area contributed by atoms with E-state index in [4.69, 9.17) is 26.6 Å². The van der Waals surface area contributed by atoms with E-state index in [2.05, 4.69) is 21.2 Å². The summed E-state index contributed by atoms with van der Waals surface area (Å²) in [6.45, 7) is 1.60. The van der Waals surface area contributed by atoms with Crippen molar-refractivity contribution in [1.29, 1.82) is 0 Å². The molecule has 1 aromatic rings. The van der Waals surface area contributed by atoms with Crippen LogP contribution in [0.4, 0.5) is 0 Å². The first kappa shape index (κ1) is 17.7. The SMILES string of the molecule is CC(Oc1ccc(Cl)cc1Br)C(=O)NCC[C@H](O)C(=O)O. The first-order chi connectivity index (χ1) is 9.81. The van der Waals surface area contributed by atoms with Crippen molar-refractivity contribution in [1.82, 2.24) is 5.32 Å². The van der Waals surface area contributed by atoms with Gasteiger partial charge in [-0.25, -0.2) is 4.79 Å². The van der Waals surface area contributed by atoms with E-state index in [0.717, 1.165) is 0 Å². The molecule has 2 atom stereocenters. The van der Waals surface area contributed by atoms with Gasteiger partial charge in [0.05, 0.1) is 4.47 Å². The standard InChI is InChI=1S/C13H15BrClNO5/c1-7(12(18)16-5-4-10(17)13(19)20)21-11-3-2-8(15)6-9(11)14/h2-3,6-7,10,17H,4-5H2,1H3,(H,16,18)(H,19,20)/t7?,10-/m0/s1. The molecule has 0 spiro atoms. The third kappa shape index (κ3) is 5.91. The molecule has 0 aliphatic heterocycles. The van der Waals surface area contributed by atoms with Gasteiger partial charge in [-0.2, -0.15) is 0 Å². The number of carbonyl (C=O) groups excluding carboxylic acids is 1. The number of aliphatic hydroxyl groups is 1. The molecule has 1 aromatic carbocycles. The number of amides is 1. The normalized spacial score (nSPS) is 13.3. The van der Waals surface area contributed by atoms with Crippen LogP contribution in [-0.4, -0.2) is 40.8 Å². The first-order valence-corrected chi connectivity index (χ1v) is 7.28. The molecule has 1 amide bonds. The Hall–Kier alpha value is -1.31. The molecule has 1 rings (SSSR count). The molecule has 3 N–H and O–H groups in total. The van der Waals surface area contributed by atoms with E-state index >= 15 is 0 Å². The number of carboxylic acids is 1. The third-order valence-corrected chi connectivity index (χ3v) is 3.42. The molecular formula is C13H15BrClNO5. The summed E-state index contributed by atoms with van der Waals surface area (Å²) in [6, 6.07) is 4.91. The Morgan fingerprint density at radius 1 is 1.48 bits per heavy atom. The van der Waals surface area contributed by atoms with E-state index < -0.39 is 24.1 Å². The predicted molar refractivity (Wildman–Crippen MR) is 80.5 cm³/mol. The van der Waals surface area contributed by atoms with Crippen molar-refractivity contribution >= 4 is 39.4 Å². The second-order valence-electron chi connectivity index (χ2n) is 4.27.